The van der Waals surface area contributed by atoms with E-state index < -0.39 is 0 Å². The third kappa shape index (κ3) is 1.92. The summed E-state index contributed by atoms with van der Waals surface area (Å²) in [6.45, 7) is 0. The molecule has 11 heavy (non-hydrogen) atoms. The van der Waals surface area contributed by atoms with E-state index in [4.69, 9.17) is 17.0 Å². The maximum Gasteiger partial charge on any atom is 0.417 e. The van der Waals surface area contributed by atoms with Crippen LogP contribution in [0, 0.1) is 5.39 Å². The number of rotatable bonds is 0. The topological polar surface area (TPSA) is 28.1 Å². The van der Waals surface area contributed by atoms with Crippen molar-refractivity contribution >= 4 is 49.1 Å². The molecule has 0 saturated heterocycles. The summed E-state index contributed by atoms with van der Waals surface area (Å²) in [7, 11) is 0. The van der Waals surface area contributed by atoms with E-state index in [1.165, 1.54) is 0 Å². The lowest BCUT2D eigenvalue weighted by Gasteiger charge is -1.90. The highest BCUT2D eigenvalue weighted by Gasteiger charge is 2.17. The predicted molar refractivity (Wildman–Crippen MR) is 51.6 cm³/mol. The van der Waals surface area contributed by atoms with Crippen molar-refractivity contribution in [1.29, 1.82) is 5.39 Å². The lowest BCUT2D eigenvalue weighted by atomic mass is 10.3. The number of hydrogen-bond acceptors (Lipinski definition) is 1. The highest BCUT2D eigenvalue weighted by molar-refractivity contribution is 9.11. The van der Waals surface area contributed by atoms with E-state index >= 15 is 0 Å². The molecule has 56 valence electrons. The van der Waals surface area contributed by atoms with Crippen LogP contribution in [0.1, 0.15) is 0 Å². The van der Waals surface area contributed by atoms with Crippen molar-refractivity contribution in [3.63, 3.8) is 0 Å². The van der Waals surface area contributed by atoms with Crippen molar-refractivity contribution in [2.24, 2.45) is 0 Å². The minimum atomic E-state index is 0.342. The van der Waals surface area contributed by atoms with Gasteiger partial charge in [0.2, 0.25) is 5.39 Å². The molecule has 0 unspecified atom stereocenters. The second-order valence-corrected chi connectivity index (χ2v) is 4.00. The van der Waals surface area contributed by atoms with Gasteiger partial charge in [0, 0.05) is 4.47 Å². The van der Waals surface area contributed by atoms with Gasteiger partial charge in [0.1, 0.15) is 9.50 Å². The Labute approximate surface area is 85.4 Å². The number of nitrogens with zero attached hydrogens (tertiary/aromatic N) is 2. The van der Waals surface area contributed by atoms with Gasteiger partial charge in [-0.3, -0.25) is 0 Å². The summed E-state index contributed by atoms with van der Waals surface area (Å²) in [5.41, 5.74) is 0.342. The van der Waals surface area contributed by atoms with Gasteiger partial charge in [-0.2, -0.15) is 0 Å². The van der Waals surface area contributed by atoms with Crippen LogP contribution in [0.3, 0.4) is 0 Å². The molecule has 5 heteroatoms. The van der Waals surface area contributed by atoms with Crippen molar-refractivity contribution in [2.75, 3.05) is 0 Å². The first-order chi connectivity index (χ1) is 5.15. The van der Waals surface area contributed by atoms with Crippen molar-refractivity contribution in [3.8, 4) is 0 Å². The number of benzene rings is 1. The van der Waals surface area contributed by atoms with Crippen LogP contribution in [0.5, 0.6) is 0 Å². The highest BCUT2D eigenvalue weighted by atomic mass is 79.9. The first kappa shape index (κ1) is 8.98. The Morgan fingerprint density at radius 2 is 2.00 bits per heavy atom. The van der Waals surface area contributed by atoms with Crippen LogP contribution in [-0.4, -0.2) is 0 Å². The van der Waals surface area contributed by atoms with Crippen LogP contribution in [0.2, 0.25) is 5.02 Å². The zero-order chi connectivity index (χ0) is 8.43. The molecule has 0 atom stereocenters. The lowest BCUT2D eigenvalue weighted by molar-refractivity contribution is 1.45. The summed E-state index contributed by atoms with van der Waals surface area (Å²) in [5, 5.41) is 8.88. The Balaban J connectivity index is 3.40. The molecule has 0 amide bonds. The molecule has 0 radical (unpaired) electrons. The third-order valence-corrected chi connectivity index (χ3v) is 2.43. The minimum Gasteiger partial charge on any atom is -0.0754 e. The highest BCUT2D eigenvalue weighted by Crippen LogP contribution is 2.35. The second-order valence-electron chi connectivity index (χ2n) is 1.82. The Hall–Kier alpha value is -0.110. The van der Waals surface area contributed by atoms with Crippen molar-refractivity contribution < 1.29 is 0 Å². The fraction of sp³-hybridized carbons (Fsp3) is 0. The van der Waals surface area contributed by atoms with E-state index in [2.05, 4.69) is 36.8 Å². The zero-order valence-corrected chi connectivity index (χ0v) is 9.11. The van der Waals surface area contributed by atoms with Crippen molar-refractivity contribution in [3.05, 3.63) is 31.1 Å². The number of hydrogen-bond donors (Lipinski definition) is 0. The van der Waals surface area contributed by atoms with Gasteiger partial charge in [-0.1, -0.05) is 27.5 Å². The molecule has 2 nitrogen and oxygen atoms in total. The van der Waals surface area contributed by atoms with E-state index in [-0.39, 0.29) is 0 Å². The van der Waals surface area contributed by atoms with E-state index in [0.29, 0.717) is 15.2 Å². The molecule has 0 N–H and O–H groups in total. The van der Waals surface area contributed by atoms with E-state index in [0.717, 1.165) is 4.47 Å². The number of halogens is 3. The molecule has 1 aromatic rings. The van der Waals surface area contributed by atoms with Crippen LogP contribution >= 0.6 is 43.5 Å². The summed E-state index contributed by atoms with van der Waals surface area (Å²) in [6, 6.07) is 3.41. The smallest absolute Gasteiger partial charge is 0.0754 e. The van der Waals surface area contributed by atoms with Gasteiger partial charge in [-0.25, -0.2) is 0 Å². The molecular weight excluding hydrogens is 295 g/mol. The first-order valence-electron chi connectivity index (χ1n) is 2.65. The standard InChI is InChI=1S/C6H2Br2ClN2/c7-3-1-4(8)6(11-10)5(9)2-3/h1-2H/q+1. The molecule has 0 saturated carbocycles. The molecule has 0 aliphatic rings. The summed E-state index contributed by atoms with van der Waals surface area (Å²) in [6.07, 6.45) is 0. The monoisotopic (exact) mass is 295 g/mol. The average molecular weight is 297 g/mol. The fourth-order valence-corrected chi connectivity index (χ4v) is 2.44. The van der Waals surface area contributed by atoms with E-state index in [1.54, 1.807) is 12.1 Å². The zero-order valence-electron chi connectivity index (χ0n) is 5.18. The fourth-order valence-electron chi connectivity index (χ4n) is 0.630. The lowest BCUT2D eigenvalue weighted by Crippen LogP contribution is -1.70. The van der Waals surface area contributed by atoms with E-state index in [9.17, 15) is 0 Å². The van der Waals surface area contributed by atoms with Crippen LogP contribution in [0.4, 0.5) is 5.69 Å². The molecule has 1 rings (SSSR count). The van der Waals surface area contributed by atoms with Crippen LogP contribution in [0.25, 0.3) is 4.98 Å². The molecular formula is C6H2Br2ClN2+. The van der Waals surface area contributed by atoms with Gasteiger partial charge in [-0.05, 0) is 28.1 Å². The minimum absolute atomic E-state index is 0.342. The first-order valence-corrected chi connectivity index (χ1v) is 4.61. The summed E-state index contributed by atoms with van der Waals surface area (Å²) in [4.78, 5) is 3.01. The number of diazo groups is 1. The summed E-state index contributed by atoms with van der Waals surface area (Å²) in [5.74, 6) is 0. The molecule has 0 fully saturated rings. The summed E-state index contributed by atoms with van der Waals surface area (Å²) < 4.78 is 1.49. The maximum atomic E-state index is 8.49. The molecule has 0 heterocycles. The largest absolute Gasteiger partial charge is 0.417 e. The van der Waals surface area contributed by atoms with Crippen LogP contribution in [0.15, 0.2) is 21.1 Å². The maximum absolute atomic E-state index is 8.49. The second kappa shape index (κ2) is 3.53. The SMILES string of the molecule is N#[N+]c1c(Cl)cc(Br)cc1Br. The molecule has 0 spiro atoms. The van der Waals surface area contributed by atoms with Gasteiger partial charge in [0.25, 0.3) is 0 Å². The van der Waals surface area contributed by atoms with Crippen molar-refractivity contribution in [2.45, 2.75) is 0 Å². The predicted octanol–water partition coefficient (Wildman–Crippen LogP) is 4.35. The van der Waals surface area contributed by atoms with E-state index in [1.807, 2.05) is 0 Å². The summed E-state index contributed by atoms with van der Waals surface area (Å²) >= 11 is 12.1. The van der Waals surface area contributed by atoms with Gasteiger partial charge < -0.3 is 0 Å². The van der Waals surface area contributed by atoms with Crippen LogP contribution < -0.4 is 0 Å². The average Bonchev–Trinajstić information content (AvgIpc) is 1.85. The van der Waals surface area contributed by atoms with Gasteiger partial charge >= 0.3 is 5.69 Å². The quantitative estimate of drug-likeness (QED) is 0.654. The molecule has 1 aromatic carbocycles. The Morgan fingerprint density at radius 1 is 1.36 bits per heavy atom. The molecule has 0 aliphatic carbocycles. The Bertz CT molecular complexity index is 309. The third-order valence-electron chi connectivity index (χ3n) is 1.08. The normalized spacial score (nSPS) is 9.27. The van der Waals surface area contributed by atoms with Gasteiger partial charge in [0.15, 0.2) is 4.98 Å². The molecule has 0 aliphatic heterocycles. The molecule has 0 aromatic heterocycles. The van der Waals surface area contributed by atoms with Gasteiger partial charge in [-0.15, -0.1) is 0 Å². The van der Waals surface area contributed by atoms with Crippen molar-refractivity contribution in [1.82, 2.24) is 0 Å². The molecule has 0 bridgehead atoms. The van der Waals surface area contributed by atoms with Crippen LogP contribution in [-0.2, 0) is 0 Å². The van der Waals surface area contributed by atoms with Gasteiger partial charge in [0.05, 0.1) is 0 Å². The Morgan fingerprint density at radius 3 is 2.45 bits per heavy atom. The Kier molecular flexibility index (Phi) is 2.88.